The molecule has 0 fully saturated rings. The second kappa shape index (κ2) is 7.77. The van der Waals surface area contributed by atoms with E-state index in [9.17, 15) is 9.90 Å². The second-order valence-corrected chi connectivity index (χ2v) is 6.83. The minimum atomic E-state index is -0.838. The Morgan fingerprint density at radius 1 is 1.21 bits per heavy atom. The predicted octanol–water partition coefficient (Wildman–Crippen LogP) is 2.03. The number of ether oxygens (including phenoxy) is 1. The molecule has 0 saturated heterocycles. The maximum Gasteiger partial charge on any atom is 0.322 e. The largest absolute Gasteiger partial charge is 0.489 e. The van der Waals surface area contributed by atoms with Crippen LogP contribution in [-0.2, 0) is 31.0 Å². The van der Waals surface area contributed by atoms with Crippen molar-refractivity contribution in [1.29, 1.82) is 0 Å². The molecule has 1 aliphatic rings. The molecule has 8 nitrogen and oxygen atoms in total. The fourth-order valence-corrected chi connectivity index (χ4v) is 3.34. The van der Waals surface area contributed by atoms with Crippen LogP contribution >= 0.6 is 0 Å². The third-order valence-corrected chi connectivity index (χ3v) is 4.88. The lowest BCUT2D eigenvalue weighted by molar-refractivity contribution is -0.145. The first kappa shape index (κ1) is 18.1. The number of carboxylic acids is 1. The van der Waals surface area contributed by atoms with Gasteiger partial charge in [-0.1, -0.05) is 18.2 Å². The van der Waals surface area contributed by atoms with Crippen LogP contribution in [0.2, 0.25) is 0 Å². The minimum Gasteiger partial charge on any atom is -0.489 e. The van der Waals surface area contributed by atoms with E-state index in [0.717, 1.165) is 28.5 Å². The van der Waals surface area contributed by atoms with Crippen molar-refractivity contribution in [1.82, 2.24) is 24.6 Å². The highest BCUT2D eigenvalue weighted by Crippen LogP contribution is 2.22. The van der Waals surface area contributed by atoms with Gasteiger partial charge in [0.05, 0.1) is 13.1 Å². The molecule has 0 bridgehead atoms. The lowest BCUT2D eigenvalue weighted by atomic mass is 10.1. The molecular formula is C20H21N5O3. The molecule has 4 rings (SSSR count). The van der Waals surface area contributed by atoms with Crippen LogP contribution in [0.3, 0.4) is 0 Å². The van der Waals surface area contributed by atoms with Gasteiger partial charge in [-0.15, -0.1) is 10.2 Å². The van der Waals surface area contributed by atoms with Crippen LogP contribution in [0, 0.1) is 6.92 Å². The number of benzene rings is 1. The molecule has 144 valence electrons. The van der Waals surface area contributed by atoms with Crippen molar-refractivity contribution in [2.75, 3.05) is 0 Å². The summed E-state index contributed by atoms with van der Waals surface area (Å²) < 4.78 is 7.66. The van der Waals surface area contributed by atoms with Gasteiger partial charge >= 0.3 is 5.97 Å². The summed E-state index contributed by atoms with van der Waals surface area (Å²) in [5.41, 5.74) is 2.02. The summed E-state index contributed by atoms with van der Waals surface area (Å²) in [5, 5.41) is 17.9. The molecule has 1 aliphatic heterocycles. The standard InChI is InChI=1S/C20H21N5O3/c1-14-22-23-19-12-24(18(20(26)27)11-25(14)19)10-15-4-6-17(7-5-15)28-13-16-3-2-8-21-9-16/h2-9,18H,10-13H2,1H3,(H,26,27). The van der Waals surface area contributed by atoms with E-state index in [4.69, 9.17) is 4.74 Å². The van der Waals surface area contributed by atoms with Crippen molar-refractivity contribution in [3.8, 4) is 5.75 Å². The fourth-order valence-electron chi connectivity index (χ4n) is 3.34. The van der Waals surface area contributed by atoms with Crippen LogP contribution in [0.1, 0.15) is 22.8 Å². The molecule has 0 radical (unpaired) electrons. The van der Waals surface area contributed by atoms with Crippen LogP contribution in [0.15, 0.2) is 48.8 Å². The Kier molecular flexibility index (Phi) is 5.03. The van der Waals surface area contributed by atoms with Gasteiger partial charge in [0.2, 0.25) is 0 Å². The Bertz CT molecular complexity index is 956. The lowest BCUT2D eigenvalue weighted by Crippen LogP contribution is -2.47. The van der Waals surface area contributed by atoms with Crippen molar-refractivity contribution in [2.45, 2.75) is 39.2 Å². The summed E-state index contributed by atoms with van der Waals surface area (Å²) in [4.78, 5) is 17.7. The number of hydrogen-bond acceptors (Lipinski definition) is 6. The van der Waals surface area contributed by atoms with Crippen LogP contribution in [-0.4, -0.2) is 41.8 Å². The first-order valence-corrected chi connectivity index (χ1v) is 9.06. The number of rotatable bonds is 6. The highest BCUT2D eigenvalue weighted by Gasteiger charge is 2.33. The second-order valence-electron chi connectivity index (χ2n) is 6.83. The van der Waals surface area contributed by atoms with Crippen LogP contribution in [0.25, 0.3) is 0 Å². The third kappa shape index (κ3) is 3.86. The van der Waals surface area contributed by atoms with Crippen LogP contribution in [0.4, 0.5) is 0 Å². The van der Waals surface area contributed by atoms with E-state index in [1.807, 2.05) is 52.8 Å². The number of nitrogens with zero attached hydrogens (tertiary/aromatic N) is 5. The zero-order valence-electron chi connectivity index (χ0n) is 15.5. The molecule has 0 saturated carbocycles. The monoisotopic (exact) mass is 379 g/mol. The number of carbonyl (C=O) groups is 1. The molecule has 2 aromatic heterocycles. The molecule has 28 heavy (non-hydrogen) atoms. The van der Waals surface area contributed by atoms with Gasteiger partial charge in [0, 0.05) is 24.5 Å². The van der Waals surface area contributed by atoms with Crippen molar-refractivity contribution in [3.63, 3.8) is 0 Å². The van der Waals surface area contributed by atoms with Gasteiger partial charge in [-0.3, -0.25) is 14.7 Å². The maximum atomic E-state index is 11.8. The number of fused-ring (bicyclic) bond motifs is 1. The van der Waals surface area contributed by atoms with Gasteiger partial charge in [0.15, 0.2) is 0 Å². The molecule has 1 atom stereocenters. The Labute approximate surface area is 162 Å². The Balaban J connectivity index is 1.42. The average Bonchev–Trinajstić information content (AvgIpc) is 3.07. The number of aryl methyl sites for hydroxylation is 1. The van der Waals surface area contributed by atoms with Crippen molar-refractivity contribution in [3.05, 3.63) is 71.6 Å². The summed E-state index contributed by atoms with van der Waals surface area (Å²) in [5.74, 6) is 1.47. The van der Waals surface area contributed by atoms with Crippen LogP contribution < -0.4 is 4.74 Å². The molecule has 0 amide bonds. The van der Waals surface area contributed by atoms with E-state index in [0.29, 0.717) is 26.2 Å². The lowest BCUT2D eigenvalue weighted by Gasteiger charge is -2.33. The molecule has 1 unspecified atom stereocenters. The van der Waals surface area contributed by atoms with E-state index >= 15 is 0 Å². The SMILES string of the molecule is Cc1nnc2n1CC(C(=O)O)N(Cc1ccc(OCc3cccnc3)cc1)C2. The zero-order valence-corrected chi connectivity index (χ0v) is 15.5. The Morgan fingerprint density at radius 2 is 2.04 bits per heavy atom. The zero-order chi connectivity index (χ0) is 19.5. The van der Waals surface area contributed by atoms with E-state index in [-0.39, 0.29) is 0 Å². The molecule has 1 aromatic carbocycles. The summed E-state index contributed by atoms with van der Waals surface area (Å²) in [7, 11) is 0. The van der Waals surface area contributed by atoms with Crippen molar-refractivity contribution < 1.29 is 14.6 Å². The molecule has 8 heteroatoms. The highest BCUT2D eigenvalue weighted by atomic mass is 16.5. The van der Waals surface area contributed by atoms with Crippen molar-refractivity contribution in [2.24, 2.45) is 0 Å². The molecule has 0 spiro atoms. The average molecular weight is 379 g/mol. The van der Waals surface area contributed by atoms with Crippen LogP contribution in [0.5, 0.6) is 5.75 Å². The number of hydrogen-bond donors (Lipinski definition) is 1. The smallest absolute Gasteiger partial charge is 0.322 e. The highest BCUT2D eigenvalue weighted by molar-refractivity contribution is 5.73. The summed E-state index contributed by atoms with van der Waals surface area (Å²) in [6.45, 7) is 3.63. The van der Waals surface area contributed by atoms with Gasteiger partial charge in [-0.25, -0.2) is 0 Å². The Morgan fingerprint density at radius 3 is 2.75 bits per heavy atom. The number of aromatic nitrogens is 4. The van der Waals surface area contributed by atoms with Gasteiger partial charge in [0.1, 0.15) is 30.0 Å². The molecule has 0 aliphatic carbocycles. The van der Waals surface area contributed by atoms with E-state index in [1.165, 1.54) is 0 Å². The van der Waals surface area contributed by atoms with Gasteiger partial charge in [-0.2, -0.15) is 0 Å². The van der Waals surface area contributed by atoms with E-state index in [2.05, 4.69) is 15.2 Å². The molecular weight excluding hydrogens is 358 g/mol. The summed E-state index contributed by atoms with van der Waals surface area (Å²) in [6, 6.07) is 11.0. The number of aliphatic carboxylic acids is 1. The first-order chi connectivity index (χ1) is 13.6. The maximum absolute atomic E-state index is 11.8. The topological polar surface area (TPSA) is 93.4 Å². The third-order valence-electron chi connectivity index (χ3n) is 4.88. The van der Waals surface area contributed by atoms with Crippen molar-refractivity contribution >= 4 is 5.97 Å². The first-order valence-electron chi connectivity index (χ1n) is 9.06. The molecule has 1 N–H and O–H groups in total. The summed E-state index contributed by atoms with van der Waals surface area (Å²) >= 11 is 0. The predicted molar refractivity (Wildman–Crippen MR) is 100 cm³/mol. The minimum absolute atomic E-state index is 0.357. The van der Waals surface area contributed by atoms with Gasteiger partial charge in [-0.05, 0) is 30.7 Å². The quantitative estimate of drug-likeness (QED) is 0.700. The summed E-state index contributed by atoms with van der Waals surface area (Å²) in [6.07, 6.45) is 3.50. The Hall–Kier alpha value is -3.26. The van der Waals surface area contributed by atoms with E-state index < -0.39 is 12.0 Å². The van der Waals surface area contributed by atoms with E-state index in [1.54, 1.807) is 12.4 Å². The number of pyridine rings is 1. The normalized spacial score (nSPS) is 16.5. The van der Waals surface area contributed by atoms with Gasteiger partial charge in [0.25, 0.3) is 0 Å². The number of carboxylic acid groups (broad SMARTS) is 1. The fraction of sp³-hybridized carbons (Fsp3) is 0.300. The molecule has 3 heterocycles. The van der Waals surface area contributed by atoms with Gasteiger partial charge < -0.3 is 14.4 Å². The molecule has 3 aromatic rings.